The molecule has 0 aliphatic carbocycles. The third-order valence-electron chi connectivity index (χ3n) is 2.43. The third kappa shape index (κ3) is 4.82. The summed E-state index contributed by atoms with van der Waals surface area (Å²) in [5.74, 6) is -0.307. The van der Waals surface area contributed by atoms with Crippen LogP contribution in [0.5, 0.6) is 0 Å². The van der Waals surface area contributed by atoms with Crippen LogP contribution in [0.1, 0.15) is 27.2 Å². The van der Waals surface area contributed by atoms with Crippen LogP contribution >= 0.6 is 15.9 Å². The van der Waals surface area contributed by atoms with Crippen molar-refractivity contribution in [3.8, 4) is 0 Å². The molecule has 0 radical (unpaired) electrons. The van der Waals surface area contributed by atoms with Crippen LogP contribution < -0.4 is 0 Å². The Bertz CT molecular complexity index is 327. The zero-order valence-electron chi connectivity index (χ0n) is 10.2. The van der Waals surface area contributed by atoms with E-state index in [2.05, 4.69) is 15.9 Å². The minimum atomic E-state index is -3.31. The van der Waals surface area contributed by atoms with Crippen LogP contribution in [0.3, 0.4) is 0 Å². The van der Waals surface area contributed by atoms with Crippen LogP contribution in [-0.2, 0) is 14.6 Å². The SMILES string of the molecule is CC(C)N(CCCBr)C(=O)C(C)S(C)(=O)=O. The van der Waals surface area contributed by atoms with E-state index in [4.69, 9.17) is 0 Å². The van der Waals surface area contributed by atoms with Crippen LogP contribution in [0.4, 0.5) is 0 Å². The maximum atomic E-state index is 12.0. The van der Waals surface area contributed by atoms with Crippen LogP contribution in [-0.4, -0.2) is 48.6 Å². The summed E-state index contributed by atoms with van der Waals surface area (Å²) in [6.45, 7) is 5.81. The topological polar surface area (TPSA) is 54.5 Å². The average molecular weight is 314 g/mol. The minimum Gasteiger partial charge on any atom is -0.339 e. The van der Waals surface area contributed by atoms with Crippen molar-refractivity contribution in [3.05, 3.63) is 0 Å². The number of halogens is 1. The van der Waals surface area contributed by atoms with Gasteiger partial charge in [-0.05, 0) is 27.2 Å². The molecule has 0 aromatic carbocycles. The second-order valence-corrected chi connectivity index (χ2v) is 7.30. The lowest BCUT2D eigenvalue weighted by molar-refractivity contribution is -0.132. The van der Waals surface area contributed by atoms with Gasteiger partial charge in [0.15, 0.2) is 9.84 Å². The molecule has 1 amide bonds. The first-order chi connectivity index (χ1) is 7.21. The molecule has 0 aliphatic heterocycles. The maximum Gasteiger partial charge on any atom is 0.240 e. The lowest BCUT2D eigenvalue weighted by Gasteiger charge is -2.28. The van der Waals surface area contributed by atoms with Gasteiger partial charge in [0.2, 0.25) is 5.91 Å². The number of carbonyl (C=O) groups is 1. The normalized spacial score (nSPS) is 13.9. The monoisotopic (exact) mass is 313 g/mol. The highest BCUT2D eigenvalue weighted by Crippen LogP contribution is 2.09. The lowest BCUT2D eigenvalue weighted by atomic mass is 10.2. The zero-order valence-corrected chi connectivity index (χ0v) is 12.6. The van der Waals surface area contributed by atoms with Gasteiger partial charge in [0.25, 0.3) is 0 Å². The molecular formula is C10H20BrNO3S. The van der Waals surface area contributed by atoms with Crippen molar-refractivity contribution >= 4 is 31.7 Å². The Labute approximate surface area is 106 Å². The fraction of sp³-hybridized carbons (Fsp3) is 0.900. The minimum absolute atomic E-state index is 0.0238. The molecule has 1 unspecified atom stereocenters. The Balaban J connectivity index is 4.75. The summed E-state index contributed by atoms with van der Waals surface area (Å²) in [6, 6.07) is 0.0238. The van der Waals surface area contributed by atoms with E-state index in [9.17, 15) is 13.2 Å². The quantitative estimate of drug-likeness (QED) is 0.697. The predicted molar refractivity (Wildman–Crippen MR) is 69.6 cm³/mol. The molecule has 0 aromatic rings. The smallest absolute Gasteiger partial charge is 0.240 e. The number of alkyl halides is 1. The van der Waals surface area contributed by atoms with E-state index in [0.717, 1.165) is 18.0 Å². The highest BCUT2D eigenvalue weighted by Gasteiger charge is 2.29. The highest BCUT2D eigenvalue weighted by atomic mass is 79.9. The molecule has 96 valence electrons. The molecule has 0 spiro atoms. The van der Waals surface area contributed by atoms with E-state index >= 15 is 0 Å². The Morgan fingerprint density at radius 3 is 2.12 bits per heavy atom. The Hall–Kier alpha value is -0.100. The van der Waals surface area contributed by atoms with E-state index in [1.807, 2.05) is 13.8 Å². The van der Waals surface area contributed by atoms with E-state index in [1.54, 1.807) is 4.90 Å². The van der Waals surface area contributed by atoms with Crippen LogP contribution in [0.25, 0.3) is 0 Å². The molecule has 16 heavy (non-hydrogen) atoms. The Morgan fingerprint density at radius 2 is 1.81 bits per heavy atom. The summed E-state index contributed by atoms with van der Waals surface area (Å²) >= 11 is 3.30. The summed E-state index contributed by atoms with van der Waals surface area (Å²) in [4.78, 5) is 13.6. The zero-order chi connectivity index (χ0) is 12.9. The third-order valence-corrected chi connectivity index (χ3v) is 4.48. The number of amides is 1. The van der Waals surface area contributed by atoms with Crippen molar-refractivity contribution in [2.45, 2.75) is 38.5 Å². The van der Waals surface area contributed by atoms with Gasteiger partial charge in [-0.15, -0.1) is 0 Å². The maximum absolute atomic E-state index is 12.0. The first kappa shape index (κ1) is 15.9. The predicted octanol–water partition coefficient (Wildman–Crippen LogP) is 1.44. The molecule has 0 saturated heterocycles. The largest absolute Gasteiger partial charge is 0.339 e. The van der Waals surface area contributed by atoms with Crippen LogP contribution in [0, 0.1) is 0 Å². The molecule has 6 heteroatoms. The summed E-state index contributed by atoms with van der Waals surface area (Å²) < 4.78 is 22.6. The standard InChI is InChI=1S/C10H20BrNO3S/c1-8(2)12(7-5-6-11)10(13)9(3)16(4,14)15/h8-9H,5-7H2,1-4H3. The molecule has 0 heterocycles. The molecule has 4 nitrogen and oxygen atoms in total. The lowest BCUT2D eigenvalue weighted by Crippen LogP contribution is -2.45. The Kier molecular flexibility index (Phi) is 6.55. The average Bonchev–Trinajstić information content (AvgIpc) is 2.15. The van der Waals surface area contributed by atoms with Gasteiger partial charge in [-0.1, -0.05) is 15.9 Å². The van der Waals surface area contributed by atoms with Crippen molar-refractivity contribution in [3.63, 3.8) is 0 Å². The summed E-state index contributed by atoms with van der Waals surface area (Å²) in [7, 11) is -3.31. The van der Waals surface area contributed by atoms with Gasteiger partial charge >= 0.3 is 0 Å². The highest BCUT2D eigenvalue weighted by molar-refractivity contribution is 9.09. The van der Waals surface area contributed by atoms with E-state index in [-0.39, 0.29) is 11.9 Å². The first-order valence-electron chi connectivity index (χ1n) is 5.27. The first-order valence-corrected chi connectivity index (χ1v) is 8.34. The number of sulfone groups is 1. The van der Waals surface area contributed by atoms with Gasteiger partial charge in [-0.25, -0.2) is 8.42 Å². The molecule has 0 rings (SSSR count). The summed E-state index contributed by atoms with van der Waals surface area (Å²) in [5.41, 5.74) is 0. The van der Waals surface area contributed by atoms with Gasteiger partial charge in [-0.2, -0.15) is 0 Å². The van der Waals surface area contributed by atoms with Crippen molar-refractivity contribution in [1.29, 1.82) is 0 Å². The fourth-order valence-corrected chi connectivity index (χ4v) is 2.02. The van der Waals surface area contributed by atoms with Gasteiger partial charge in [0.1, 0.15) is 5.25 Å². The molecule has 0 aliphatic rings. The summed E-state index contributed by atoms with van der Waals surface area (Å²) in [6.07, 6.45) is 1.92. The van der Waals surface area contributed by atoms with Crippen molar-refractivity contribution in [2.75, 3.05) is 18.1 Å². The van der Waals surface area contributed by atoms with Crippen LogP contribution in [0.2, 0.25) is 0 Å². The molecule has 0 bridgehead atoms. The second-order valence-electron chi connectivity index (χ2n) is 4.14. The number of hydrogen-bond acceptors (Lipinski definition) is 3. The van der Waals surface area contributed by atoms with Crippen molar-refractivity contribution in [1.82, 2.24) is 4.90 Å². The van der Waals surface area contributed by atoms with Crippen LogP contribution in [0.15, 0.2) is 0 Å². The summed E-state index contributed by atoms with van der Waals surface area (Å²) in [5, 5.41) is -0.151. The van der Waals surface area contributed by atoms with Crippen molar-refractivity contribution < 1.29 is 13.2 Å². The number of hydrogen-bond donors (Lipinski definition) is 0. The molecule has 0 N–H and O–H groups in total. The molecule has 0 saturated carbocycles. The number of nitrogens with zero attached hydrogens (tertiary/aromatic N) is 1. The fourth-order valence-electron chi connectivity index (χ4n) is 1.27. The van der Waals surface area contributed by atoms with Gasteiger partial charge in [0, 0.05) is 24.2 Å². The molecule has 0 fully saturated rings. The Morgan fingerprint density at radius 1 is 1.31 bits per heavy atom. The van der Waals surface area contributed by atoms with Gasteiger partial charge in [-0.3, -0.25) is 4.79 Å². The molecule has 0 aromatic heterocycles. The van der Waals surface area contributed by atoms with Gasteiger partial charge < -0.3 is 4.90 Å². The number of rotatable bonds is 6. The molecular weight excluding hydrogens is 294 g/mol. The van der Waals surface area contributed by atoms with Gasteiger partial charge in [0.05, 0.1) is 0 Å². The molecule has 1 atom stereocenters. The van der Waals surface area contributed by atoms with Crippen molar-refractivity contribution in [2.24, 2.45) is 0 Å². The number of carbonyl (C=O) groups excluding carboxylic acids is 1. The van der Waals surface area contributed by atoms with E-state index in [0.29, 0.717) is 6.54 Å². The van der Waals surface area contributed by atoms with E-state index in [1.165, 1.54) is 6.92 Å². The van der Waals surface area contributed by atoms with E-state index < -0.39 is 15.1 Å². The second kappa shape index (κ2) is 6.59.